The molecule has 0 saturated heterocycles. The van der Waals surface area contributed by atoms with Crippen LogP contribution in [-0.4, -0.2) is 0 Å². The lowest BCUT2D eigenvalue weighted by atomic mass is 10.2. The third kappa shape index (κ3) is 2.30. The molecule has 1 aromatic rings. The van der Waals surface area contributed by atoms with Gasteiger partial charge in [0.05, 0.1) is 20.1 Å². The number of alkyl halides is 3. The van der Waals surface area contributed by atoms with Crippen LogP contribution in [0.15, 0.2) is 16.6 Å². The number of rotatable bonds is 0. The highest BCUT2D eigenvalue weighted by molar-refractivity contribution is 9.10. The molecule has 0 spiro atoms. The molecule has 0 aliphatic carbocycles. The molecule has 0 bridgehead atoms. The summed E-state index contributed by atoms with van der Waals surface area (Å²) in [4.78, 5) is 0. The van der Waals surface area contributed by atoms with Crippen LogP contribution in [0, 0.1) is 0 Å². The second kappa shape index (κ2) is 3.67. The first-order valence-corrected chi connectivity index (χ1v) is 4.59. The largest absolute Gasteiger partial charge is 0.417 e. The monoisotopic (exact) mass is 292 g/mol. The number of benzene rings is 1. The number of halogens is 6. The van der Waals surface area contributed by atoms with E-state index in [9.17, 15) is 13.2 Å². The minimum atomic E-state index is -4.45. The van der Waals surface area contributed by atoms with Crippen molar-refractivity contribution < 1.29 is 13.2 Å². The molecule has 0 fully saturated rings. The Hall–Kier alpha value is 0.0700. The van der Waals surface area contributed by atoms with E-state index in [1.165, 1.54) is 0 Å². The van der Waals surface area contributed by atoms with E-state index >= 15 is 0 Å². The summed E-state index contributed by atoms with van der Waals surface area (Å²) in [6, 6.07) is 1.98. The van der Waals surface area contributed by atoms with Crippen molar-refractivity contribution in [3.8, 4) is 0 Å². The molecule has 0 saturated carbocycles. The highest BCUT2D eigenvalue weighted by atomic mass is 79.9. The second-order valence-corrected chi connectivity index (χ2v) is 3.80. The van der Waals surface area contributed by atoms with Crippen LogP contribution in [0.25, 0.3) is 0 Å². The van der Waals surface area contributed by atoms with Crippen LogP contribution < -0.4 is 0 Å². The van der Waals surface area contributed by atoms with Crippen molar-refractivity contribution in [2.45, 2.75) is 6.18 Å². The van der Waals surface area contributed by atoms with E-state index in [4.69, 9.17) is 23.2 Å². The molecule has 0 aliphatic rings. The maximum absolute atomic E-state index is 12.2. The highest BCUT2D eigenvalue weighted by Gasteiger charge is 2.34. The number of hydrogen-bond donors (Lipinski definition) is 0. The zero-order chi connectivity index (χ0) is 10.2. The molecular formula is C7H2BrCl2F3. The smallest absolute Gasteiger partial charge is 0.166 e. The SMILES string of the molecule is FC(F)(F)c1ccc(Cl)c(Br)c1Cl. The fraction of sp³-hybridized carbons (Fsp3) is 0.143. The van der Waals surface area contributed by atoms with Gasteiger partial charge in [0.15, 0.2) is 0 Å². The van der Waals surface area contributed by atoms with Crippen molar-refractivity contribution in [2.24, 2.45) is 0 Å². The molecule has 1 aromatic carbocycles. The molecule has 0 aromatic heterocycles. The van der Waals surface area contributed by atoms with Gasteiger partial charge in [-0.15, -0.1) is 0 Å². The average molecular weight is 294 g/mol. The molecule has 72 valence electrons. The first kappa shape index (κ1) is 11.1. The zero-order valence-corrected chi connectivity index (χ0v) is 9.02. The van der Waals surface area contributed by atoms with Gasteiger partial charge in [0.25, 0.3) is 0 Å². The van der Waals surface area contributed by atoms with Gasteiger partial charge >= 0.3 is 6.18 Å². The van der Waals surface area contributed by atoms with Gasteiger partial charge in [-0.2, -0.15) is 13.2 Å². The van der Waals surface area contributed by atoms with Gasteiger partial charge in [-0.3, -0.25) is 0 Å². The van der Waals surface area contributed by atoms with Crippen LogP contribution >= 0.6 is 39.1 Å². The molecule has 0 radical (unpaired) electrons. The summed E-state index contributed by atoms with van der Waals surface area (Å²) in [5, 5.41) is -0.266. The lowest BCUT2D eigenvalue weighted by Crippen LogP contribution is -2.05. The van der Waals surface area contributed by atoms with E-state index in [-0.39, 0.29) is 9.50 Å². The van der Waals surface area contributed by atoms with Gasteiger partial charge in [0.2, 0.25) is 0 Å². The Kier molecular flexibility index (Phi) is 3.15. The molecule has 13 heavy (non-hydrogen) atoms. The van der Waals surface area contributed by atoms with Crippen molar-refractivity contribution in [1.29, 1.82) is 0 Å². The minimum Gasteiger partial charge on any atom is -0.166 e. The summed E-state index contributed by atoms with van der Waals surface area (Å²) < 4.78 is 36.7. The van der Waals surface area contributed by atoms with Gasteiger partial charge in [0, 0.05) is 0 Å². The average Bonchev–Trinajstić information content (AvgIpc) is 1.98. The zero-order valence-electron chi connectivity index (χ0n) is 5.92. The maximum Gasteiger partial charge on any atom is 0.417 e. The molecular weight excluding hydrogens is 292 g/mol. The van der Waals surface area contributed by atoms with Gasteiger partial charge in [-0.1, -0.05) is 23.2 Å². The quantitative estimate of drug-likeness (QED) is 0.604. The van der Waals surface area contributed by atoms with Crippen molar-refractivity contribution >= 4 is 39.1 Å². The normalized spacial score (nSPS) is 11.8. The summed E-state index contributed by atoms with van der Waals surface area (Å²) in [5.41, 5.74) is -0.898. The van der Waals surface area contributed by atoms with Crippen LogP contribution in [0.3, 0.4) is 0 Å². The van der Waals surface area contributed by atoms with Crippen molar-refractivity contribution in [1.82, 2.24) is 0 Å². The molecule has 0 amide bonds. The molecule has 0 unspecified atom stereocenters. The van der Waals surface area contributed by atoms with Crippen LogP contribution in [0.5, 0.6) is 0 Å². The van der Waals surface area contributed by atoms with Crippen molar-refractivity contribution in [3.63, 3.8) is 0 Å². The summed E-state index contributed by atoms with van der Waals surface area (Å²) in [6.45, 7) is 0. The molecule has 0 heterocycles. The summed E-state index contributed by atoms with van der Waals surface area (Å²) in [6.07, 6.45) is -4.45. The standard InChI is InChI=1S/C7H2BrCl2F3/c8-5-4(9)2-1-3(6(5)10)7(11,12)13/h1-2H. The third-order valence-corrected chi connectivity index (χ3v) is 3.33. The Morgan fingerprint density at radius 2 is 1.69 bits per heavy atom. The Morgan fingerprint density at radius 1 is 1.15 bits per heavy atom. The van der Waals surface area contributed by atoms with Crippen LogP contribution in [-0.2, 0) is 6.18 Å². The van der Waals surface area contributed by atoms with Gasteiger partial charge in [0.1, 0.15) is 0 Å². The molecule has 0 aliphatic heterocycles. The van der Waals surface area contributed by atoms with E-state index in [0.29, 0.717) is 0 Å². The van der Waals surface area contributed by atoms with Crippen molar-refractivity contribution in [2.75, 3.05) is 0 Å². The second-order valence-electron chi connectivity index (χ2n) is 2.22. The topological polar surface area (TPSA) is 0 Å². The minimum absolute atomic E-state index is 0.0608. The van der Waals surface area contributed by atoms with E-state index < -0.39 is 16.8 Å². The Morgan fingerprint density at radius 3 is 2.15 bits per heavy atom. The van der Waals surface area contributed by atoms with Crippen LogP contribution in [0.4, 0.5) is 13.2 Å². The predicted octanol–water partition coefficient (Wildman–Crippen LogP) is 4.77. The maximum atomic E-state index is 12.2. The molecule has 0 atom stereocenters. The first-order chi connectivity index (χ1) is 5.84. The van der Waals surface area contributed by atoms with E-state index in [0.717, 1.165) is 12.1 Å². The van der Waals surface area contributed by atoms with E-state index in [1.54, 1.807) is 0 Å². The van der Waals surface area contributed by atoms with E-state index in [2.05, 4.69) is 15.9 Å². The Bertz CT molecular complexity index is 335. The summed E-state index contributed by atoms with van der Waals surface area (Å²) in [5.74, 6) is 0. The fourth-order valence-electron chi connectivity index (χ4n) is 0.745. The predicted molar refractivity (Wildman–Crippen MR) is 49.2 cm³/mol. The van der Waals surface area contributed by atoms with E-state index in [1.807, 2.05) is 0 Å². The Labute approximate surface area is 90.8 Å². The van der Waals surface area contributed by atoms with Crippen LogP contribution in [0.2, 0.25) is 10.0 Å². The Balaban J connectivity index is 3.35. The van der Waals surface area contributed by atoms with Gasteiger partial charge in [-0.05, 0) is 28.1 Å². The first-order valence-electron chi connectivity index (χ1n) is 3.04. The lowest BCUT2D eigenvalue weighted by Gasteiger charge is -2.10. The molecule has 6 heteroatoms. The van der Waals surface area contributed by atoms with Gasteiger partial charge < -0.3 is 0 Å². The number of hydrogen-bond acceptors (Lipinski definition) is 0. The van der Waals surface area contributed by atoms with Gasteiger partial charge in [-0.25, -0.2) is 0 Å². The fourth-order valence-corrected chi connectivity index (χ4v) is 1.57. The molecule has 0 nitrogen and oxygen atoms in total. The van der Waals surface area contributed by atoms with Crippen LogP contribution in [0.1, 0.15) is 5.56 Å². The molecule has 1 rings (SSSR count). The summed E-state index contributed by atoms with van der Waals surface area (Å²) in [7, 11) is 0. The highest BCUT2D eigenvalue weighted by Crippen LogP contribution is 2.40. The summed E-state index contributed by atoms with van der Waals surface area (Å²) >= 11 is 13.8. The third-order valence-electron chi connectivity index (χ3n) is 1.34. The molecule has 0 N–H and O–H groups in total. The lowest BCUT2D eigenvalue weighted by molar-refractivity contribution is -0.137. The van der Waals surface area contributed by atoms with Crippen molar-refractivity contribution in [3.05, 3.63) is 32.2 Å².